The summed E-state index contributed by atoms with van der Waals surface area (Å²) in [5.41, 5.74) is 0.948. The summed E-state index contributed by atoms with van der Waals surface area (Å²) in [5.74, 6) is -0.673. The molecule has 2 aliphatic heterocycles. The summed E-state index contributed by atoms with van der Waals surface area (Å²) in [6.45, 7) is 0.884. The minimum atomic E-state index is -0.530. The van der Waals surface area contributed by atoms with Crippen molar-refractivity contribution in [3.05, 3.63) is 71.5 Å². The van der Waals surface area contributed by atoms with Gasteiger partial charge in [0, 0.05) is 24.6 Å². The SMILES string of the molecule is CN(C)CC(=O)N1[C@H](CO)[C@@H](c2ccccc2)C12CN(C(=O)c1ccc(F)cc1)C2. The third kappa shape index (κ3) is 3.28. The topological polar surface area (TPSA) is 64.1 Å². The Hall–Kier alpha value is -2.77. The van der Waals surface area contributed by atoms with Gasteiger partial charge in [0.25, 0.3) is 5.91 Å². The van der Waals surface area contributed by atoms with Crippen LogP contribution in [0.5, 0.6) is 0 Å². The van der Waals surface area contributed by atoms with Gasteiger partial charge in [-0.05, 0) is 43.9 Å². The highest BCUT2D eigenvalue weighted by Crippen LogP contribution is 2.54. The molecule has 2 heterocycles. The van der Waals surface area contributed by atoms with Crippen LogP contribution in [0.4, 0.5) is 4.39 Å². The summed E-state index contributed by atoms with van der Waals surface area (Å²) in [6, 6.07) is 15.0. The van der Waals surface area contributed by atoms with Crippen LogP contribution in [0, 0.1) is 5.82 Å². The molecule has 2 aromatic carbocycles. The Balaban J connectivity index is 1.61. The zero-order chi connectivity index (χ0) is 21.5. The van der Waals surface area contributed by atoms with Gasteiger partial charge in [-0.1, -0.05) is 30.3 Å². The average molecular weight is 411 g/mol. The molecule has 2 atom stereocenters. The molecule has 1 N–H and O–H groups in total. The first kappa shape index (κ1) is 20.5. The number of carbonyl (C=O) groups is 2. The molecule has 0 radical (unpaired) electrons. The minimum absolute atomic E-state index is 0.0490. The Morgan fingerprint density at radius 2 is 1.73 bits per heavy atom. The molecule has 0 aliphatic carbocycles. The van der Waals surface area contributed by atoms with Crippen molar-refractivity contribution >= 4 is 11.8 Å². The van der Waals surface area contributed by atoms with E-state index in [0.717, 1.165) is 5.56 Å². The van der Waals surface area contributed by atoms with Crippen molar-refractivity contribution < 1.29 is 19.1 Å². The number of likely N-dealkylation sites (N-methyl/N-ethyl adjacent to an activating group) is 1. The molecule has 158 valence electrons. The van der Waals surface area contributed by atoms with Crippen LogP contribution in [0.1, 0.15) is 21.8 Å². The zero-order valence-corrected chi connectivity index (χ0v) is 17.2. The van der Waals surface area contributed by atoms with Crippen LogP contribution in [-0.4, -0.2) is 83.5 Å². The van der Waals surface area contributed by atoms with E-state index in [1.807, 2.05) is 44.4 Å². The molecule has 2 aromatic rings. The lowest BCUT2D eigenvalue weighted by atomic mass is 9.60. The molecule has 4 rings (SSSR count). The van der Waals surface area contributed by atoms with E-state index in [1.165, 1.54) is 24.3 Å². The van der Waals surface area contributed by atoms with Crippen LogP contribution in [0.2, 0.25) is 0 Å². The summed E-state index contributed by atoms with van der Waals surface area (Å²) in [4.78, 5) is 31.1. The van der Waals surface area contributed by atoms with E-state index < -0.39 is 5.54 Å². The molecule has 2 saturated heterocycles. The average Bonchev–Trinajstić information content (AvgIpc) is 2.67. The first-order chi connectivity index (χ1) is 14.4. The van der Waals surface area contributed by atoms with Gasteiger partial charge in [-0.2, -0.15) is 0 Å². The number of halogens is 1. The van der Waals surface area contributed by atoms with Crippen LogP contribution >= 0.6 is 0 Å². The van der Waals surface area contributed by atoms with Gasteiger partial charge in [0.1, 0.15) is 5.82 Å². The van der Waals surface area contributed by atoms with Gasteiger partial charge >= 0.3 is 0 Å². The summed E-state index contributed by atoms with van der Waals surface area (Å²) in [7, 11) is 3.66. The number of nitrogens with zero attached hydrogens (tertiary/aromatic N) is 3. The van der Waals surface area contributed by atoms with E-state index in [4.69, 9.17) is 0 Å². The second-order valence-corrected chi connectivity index (χ2v) is 8.41. The maximum atomic E-state index is 13.2. The fraction of sp³-hybridized carbons (Fsp3) is 0.391. The summed E-state index contributed by atoms with van der Waals surface area (Å²) in [5, 5.41) is 10.1. The van der Waals surface area contributed by atoms with E-state index in [1.54, 1.807) is 14.7 Å². The third-order valence-electron chi connectivity index (χ3n) is 6.15. The Labute approximate surface area is 175 Å². The number of rotatable bonds is 5. The summed E-state index contributed by atoms with van der Waals surface area (Å²) >= 11 is 0. The number of benzene rings is 2. The van der Waals surface area contributed by atoms with E-state index in [2.05, 4.69) is 0 Å². The van der Waals surface area contributed by atoms with Crippen LogP contribution < -0.4 is 0 Å². The molecule has 0 unspecified atom stereocenters. The van der Waals surface area contributed by atoms with Gasteiger partial charge in [-0.25, -0.2) is 4.39 Å². The minimum Gasteiger partial charge on any atom is -0.394 e. The predicted molar refractivity (Wildman–Crippen MR) is 110 cm³/mol. The van der Waals surface area contributed by atoms with E-state index in [9.17, 15) is 19.1 Å². The number of aliphatic hydroxyl groups excluding tert-OH is 1. The molecule has 0 aromatic heterocycles. The van der Waals surface area contributed by atoms with Crippen LogP contribution in [-0.2, 0) is 4.79 Å². The Kier molecular flexibility index (Phi) is 5.34. The van der Waals surface area contributed by atoms with Crippen molar-refractivity contribution in [2.24, 2.45) is 0 Å². The van der Waals surface area contributed by atoms with Crippen molar-refractivity contribution in [1.29, 1.82) is 0 Å². The van der Waals surface area contributed by atoms with Crippen LogP contribution in [0.25, 0.3) is 0 Å². The maximum Gasteiger partial charge on any atom is 0.254 e. The lowest BCUT2D eigenvalue weighted by molar-refractivity contribution is -0.194. The van der Waals surface area contributed by atoms with Gasteiger partial charge in [-0.3, -0.25) is 9.59 Å². The number of carbonyl (C=O) groups excluding carboxylic acids is 2. The number of hydrogen-bond acceptors (Lipinski definition) is 4. The number of hydrogen-bond donors (Lipinski definition) is 1. The second kappa shape index (κ2) is 7.81. The number of likely N-dealkylation sites (tertiary alicyclic amines) is 2. The Morgan fingerprint density at radius 1 is 1.10 bits per heavy atom. The highest BCUT2D eigenvalue weighted by molar-refractivity contribution is 5.95. The smallest absolute Gasteiger partial charge is 0.254 e. The summed E-state index contributed by atoms with van der Waals surface area (Å²) in [6.07, 6.45) is 0. The molecule has 2 aliphatic rings. The monoisotopic (exact) mass is 411 g/mol. The molecule has 7 heteroatoms. The lowest BCUT2D eigenvalue weighted by Crippen LogP contribution is -2.86. The second-order valence-electron chi connectivity index (χ2n) is 8.41. The number of aliphatic hydroxyl groups is 1. The third-order valence-corrected chi connectivity index (χ3v) is 6.15. The Morgan fingerprint density at radius 3 is 2.30 bits per heavy atom. The quantitative estimate of drug-likeness (QED) is 0.811. The molecular formula is C23H26FN3O3. The maximum absolute atomic E-state index is 13.2. The van der Waals surface area contributed by atoms with Gasteiger partial charge in [0.2, 0.25) is 5.91 Å². The lowest BCUT2D eigenvalue weighted by Gasteiger charge is -2.70. The fourth-order valence-electron chi connectivity index (χ4n) is 4.95. The molecular weight excluding hydrogens is 385 g/mol. The fourth-order valence-corrected chi connectivity index (χ4v) is 4.95. The van der Waals surface area contributed by atoms with Gasteiger partial charge < -0.3 is 19.8 Å². The van der Waals surface area contributed by atoms with E-state index in [-0.39, 0.29) is 42.7 Å². The Bertz CT molecular complexity index is 926. The van der Waals surface area contributed by atoms with E-state index in [0.29, 0.717) is 18.7 Å². The first-order valence-corrected chi connectivity index (χ1v) is 10.0. The van der Waals surface area contributed by atoms with Crippen LogP contribution in [0.15, 0.2) is 54.6 Å². The standard InChI is InChI=1S/C23H26FN3O3/c1-25(2)12-20(29)27-19(13-28)21(16-6-4-3-5-7-16)23(27)14-26(15-23)22(30)17-8-10-18(24)11-9-17/h3-11,19,21,28H,12-15H2,1-2H3/t19-,21-/m1/s1. The van der Waals surface area contributed by atoms with Crippen molar-refractivity contribution in [2.75, 3.05) is 40.3 Å². The molecule has 6 nitrogen and oxygen atoms in total. The molecule has 2 amide bonds. The number of amides is 2. The molecule has 1 spiro atoms. The highest BCUT2D eigenvalue weighted by Gasteiger charge is 2.67. The highest BCUT2D eigenvalue weighted by atomic mass is 19.1. The molecule has 0 saturated carbocycles. The predicted octanol–water partition coefficient (Wildman–Crippen LogP) is 1.57. The molecule has 30 heavy (non-hydrogen) atoms. The normalized spacial score (nSPS) is 22.0. The van der Waals surface area contributed by atoms with Crippen molar-refractivity contribution in [3.63, 3.8) is 0 Å². The van der Waals surface area contributed by atoms with E-state index >= 15 is 0 Å². The first-order valence-electron chi connectivity index (χ1n) is 10.0. The van der Waals surface area contributed by atoms with Gasteiger partial charge in [0.05, 0.1) is 24.7 Å². The molecule has 0 bridgehead atoms. The van der Waals surface area contributed by atoms with Crippen molar-refractivity contribution in [2.45, 2.75) is 17.5 Å². The van der Waals surface area contributed by atoms with Crippen LogP contribution in [0.3, 0.4) is 0 Å². The van der Waals surface area contributed by atoms with Crippen molar-refractivity contribution in [3.8, 4) is 0 Å². The molecule has 2 fully saturated rings. The zero-order valence-electron chi connectivity index (χ0n) is 17.2. The van der Waals surface area contributed by atoms with Gasteiger partial charge in [0.15, 0.2) is 0 Å². The van der Waals surface area contributed by atoms with Gasteiger partial charge in [-0.15, -0.1) is 0 Å². The van der Waals surface area contributed by atoms with Crippen molar-refractivity contribution in [1.82, 2.24) is 14.7 Å². The largest absolute Gasteiger partial charge is 0.394 e. The summed E-state index contributed by atoms with van der Waals surface area (Å²) < 4.78 is 13.2.